The molecule has 0 radical (unpaired) electrons. The molecule has 0 aromatic carbocycles. The van der Waals surface area contributed by atoms with Gasteiger partial charge in [0.25, 0.3) is 0 Å². The minimum absolute atomic E-state index is 0.614. The number of likely N-dealkylation sites (tertiary alicyclic amines) is 1. The summed E-state index contributed by atoms with van der Waals surface area (Å²) in [7, 11) is 0. The molecule has 100 valence electrons. The summed E-state index contributed by atoms with van der Waals surface area (Å²) in [6, 6.07) is 0.894. The molecule has 0 bridgehead atoms. The van der Waals surface area contributed by atoms with Crippen LogP contribution in [0.5, 0.6) is 0 Å². The van der Waals surface area contributed by atoms with E-state index in [2.05, 4.69) is 27.8 Å². The van der Waals surface area contributed by atoms with Crippen molar-refractivity contribution in [1.82, 2.24) is 4.90 Å². The molecule has 1 aliphatic carbocycles. The summed E-state index contributed by atoms with van der Waals surface area (Å²) >= 11 is 3.79. The summed E-state index contributed by atoms with van der Waals surface area (Å²) in [6.07, 6.45) is 12.9. The van der Waals surface area contributed by atoms with Crippen molar-refractivity contribution in [2.24, 2.45) is 5.41 Å². The molecule has 2 rings (SSSR count). The highest BCUT2D eigenvalue weighted by molar-refractivity contribution is 9.09. The lowest BCUT2D eigenvalue weighted by Gasteiger charge is -2.41. The maximum Gasteiger partial charge on any atom is 0.0100 e. The molecule has 1 saturated carbocycles. The lowest BCUT2D eigenvalue weighted by Crippen LogP contribution is -2.46. The van der Waals surface area contributed by atoms with Gasteiger partial charge in [0, 0.05) is 17.9 Å². The first kappa shape index (κ1) is 13.9. The second kappa shape index (κ2) is 6.56. The highest BCUT2D eigenvalue weighted by Gasteiger charge is 2.36. The first-order chi connectivity index (χ1) is 8.29. The van der Waals surface area contributed by atoms with Crippen LogP contribution >= 0.6 is 15.9 Å². The van der Waals surface area contributed by atoms with Gasteiger partial charge in [-0.15, -0.1) is 0 Å². The lowest BCUT2D eigenvalue weighted by molar-refractivity contribution is 0.0877. The van der Waals surface area contributed by atoms with Crippen LogP contribution < -0.4 is 0 Å². The first-order valence-corrected chi connectivity index (χ1v) is 8.72. The Hall–Kier alpha value is 0.440. The Morgan fingerprint density at radius 3 is 2.59 bits per heavy atom. The average Bonchev–Trinajstić information content (AvgIpc) is 2.81. The summed E-state index contributed by atoms with van der Waals surface area (Å²) < 4.78 is 0. The summed E-state index contributed by atoms with van der Waals surface area (Å²) in [5.41, 5.74) is 0.614. The van der Waals surface area contributed by atoms with E-state index in [0.29, 0.717) is 5.41 Å². The number of rotatable bonds is 5. The third kappa shape index (κ3) is 3.47. The maximum atomic E-state index is 3.79. The monoisotopic (exact) mass is 301 g/mol. The topological polar surface area (TPSA) is 3.24 Å². The van der Waals surface area contributed by atoms with E-state index < -0.39 is 0 Å². The molecular weight excluding hydrogens is 274 g/mol. The Labute approximate surface area is 115 Å². The number of hydrogen-bond acceptors (Lipinski definition) is 1. The zero-order valence-electron chi connectivity index (χ0n) is 11.4. The Bertz CT molecular complexity index is 221. The van der Waals surface area contributed by atoms with Gasteiger partial charge in [-0.3, -0.25) is 4.90 Å². The molecule has 1 aliphatic heterocycles. The van der Waals surface area contributed by atoms with Crippen molar-refractivity contribution in [3.8, 4) is 0 Å². The predicted molar refractivity (Wildman–Crippen MR) is 78.8 cm³/mol. The normalized spacial score (nSPS) is 29.6. The van der Waals surface area contributed by atoms with Crippen molar-refractivity contribution < 1.29 is 0 Å². The van der Waals surface area contributed by atoms with Crippen molar-refractivity contribution in [3.05, 3.63) is 0 Å². The molecule has 0 spiro atoms. The fourth-order valence-corrected chi connectivity index (χ4v) is 4.56. The zero-order chi connectivity index (χ0) is 12.1. The van der Waals surface area contributed by atoms with Crippen LogP contribution in [0.15, 0.2) is 0 Å². The quantitative estimate of drug-likeness (QED) is 0.671. The molecule has 0 N–H and O–H groups in total. The number of alkyl halides is 1. The van der Waals surface area contributed by atoms with Gasteiger partial charge in [-0.25, -0.2) is 0 Å². The molecule has 1 heterocycles. The first-order valence-electron chi connectivity index (χ1n) is 7.60. The highest BCUT2D eigenvalue weighted by atomic mass is 79.9. The molecule has 2 aliphatic rings. The van der Waals surface area contributed by atoms with Crippen molar-refractivity contribution >= 4 is 15.9 Å². The number of piperidine rings is 1. The fraction of sp³-hybridized carbons (Fsp3) is 1.00. The molecule has 17 heavy (non-hydrogen) atoms. The molecule has 2 heteroatoms. The minimum atomic E-state index is 0.614. The van der Waals surface area contributed by atoms with Crippen LogP contribution in [-0.2, 0) is 0 Å². The zero-order valence-corrected chi connectivity index (χ0v) is 13.0. The van der Waals surface area contributed by atoms with E-state index in [0.717, 1.165) is 6.04 Å². The van der Waals surface area contributed by atoms with Crippen LogP contribution in [-0.4, -0.2) is 29.4 Å². The smallest absolute Gasteiger partial charge is 0.0100 e. The Kier molecular flexibility index (Phi) is 5.35. The van der Waals surface area contributed by atoms with E-state index in [9.17, 15) is 0 Å². The largest absolute Gasteiger partial charge is 0.300 e. The van der Waals surface area contributed by atoms with Crippen molar-refractivity contribution in [1.29, 1.82) is 0 Å². The Morgan fingerprint density at radius 2 is 1.94 bits per heavy atom. The predicted octanol–water partition coefficient (Wildman–Crippen LogP) is 4.60. The van der Waals surface area contributed by atoms with Gasteiger partial charge in [-0.05, 0) is 44.1 Å². The van der Waals surface area contributed by atoms with Gasteiger partial charge in [-0.1, -0.05) is 48.5 Å². The molecule has 0 aromatic rings. The number of nitrogens with zero attached hydrogens (tertiary/aromatic N) is 1. The second-order valence-electron chi connectivity index (χ2n) is 6.25. The van der Waals surface area contributed by atoms with Crippen LogP contribution in [0.3, 0.4) is 0 Å². The molecule has 1 nitrogen and oxygen atoms in total. The molecule has 1 atom stereocenters. The van der Waals surface area contributed by atoms with Crippen LogP contribution in [0, 0.1) is 5.41 Å². The van der Waals surface area contributed by atoms with Gasteiger partial charge in [0.1, 0.15) is 0 Å². The maximum absolute atomic E-state index is 3.79. The molecule has 0 aromatic heterocycles. The third-order valence-corrected chi connectivity index (χ3v) is 6.05. The summed E-state index contributed by atoms with van der Waals surface area (Å²) in [6.45, 7) is 5.06. The summed E-state index contributed by atoms with van der Waals surface area (Å²) in [5.74, 6) is 0. The van der Waals surface area contributed by atoms with Gasteiger partial charge in [0.05, 0.1) is 0 Å². The molecule has 1 unspecified atom stereocenters. The van der Waals surface area contributed by atoms with Crippen LogP contribution in [0.1, 0.15) is 64.7 Å². The van der Waals surface area contributed by atoms with Crippen LogP contribution in [0.25, 0.3) is 0 Å². The van der Waals surface area contributed by atoms with Gasteiger partial charge in [0.15, 0.2) is 0 Å². The van der Waals surface area contributed by atoms with E-state index in [1.165, 1.54) is 76.2 Å². The summed E-state index contributed by atoms with van der Waals surface area (Å²) in [4.78, 5) is 2.83. The van der Waals surface area contributed by atoms with Crippen molar-refractivity contribution in [2.45, 2.75) is 70.8 Å². The van der Waals surface area contributed by atoms with E-state index in [1.54, 1.807) is 0 Å². The SMILES string of the molecule is CCCC1CCCCN1CC1(CBr)CCCC1. The van der Waals surface area contributed by atoms with Gasteiger partial charge in [-0.2, -0.15) is 0 Å². The van der Waals surface area contributed by atoms with Gasteiger partial charge < -0.3 is 0 Å². The van der Waals surface area contributed by atoms with Crippen molar-refractivity contribution in [3.63, 3.8) is 0 Å². The Balaban J connectivity index is 1.94. The van der Waals surface area contributed by atoms with E-state index in [1.807, 2.05) is 0 Å². The van der Waals surface area contributed by atoms with E-state index >= 15 is 0 Å². The molecule has 1 saturated heterocycles. The van der Waals surface area contributed by atoms with Crippen LogP contribution in [0.4, 0.5) is 0 Å². The number of halogens is 1. The minimum Gasteiger partial charge on any atom is -0.300 e. The Morgan fingerprint density at radius 1 is 1.18 bits per heavy atom. The molecule has 2 fully saturated rings. The lowest BCUT2D eigenvalue weighted by atomic mass is 9.86. The third-order valence-electron chi connectivity index (χ3n) is 4.86. The average molecular weight is 302 g/mol. The van der Waals surface area contributed by atoms with Crippen molar-refractivity contribution in [2.75, 3.05) is 18.4 Å². The van der Waals surface area contributed by atoms with E-state index in [4.69, 9.17) is 0 Å². The molecule has 0 amide bonds. The number of hydrogen-bond donors (Lipinski definition) is 0. The fourth-order valence-electron chi connectivity index (χ4n) is 3.82. The highest BCUT2D eigenvalue weighted by Crippen LogP contribution is 2.41. The summed E-state index contributed by atoms with van der Waals surface area (Å²) in [5, 5.41) is 1.22. The van der Waals surface area contributed by atoms with Gasteiger partial charge in [0.2, 0.25) is 0 Å². The van der Waals surface area contributed by atoms with Gasteiger partial charge >= 0.3 is 0 Å². The van der Waals surface area contributed by atoms with Crippen LogP contribution in [0.2, 0.25) is 0 Å². The molecular formula is C15H28BrN. The van der Waals surface area contributed by atoms with E-state index in [-0.39, 0.29) is 0 Å². The standard InChI is InChI=1S/C15H28BrN/c1-2-7-14-8-3-6-11-17(14)13-15(12-16)9-4-5-10-15/h14H,2-13H2,1H3. The second-order valence-corrected chi connectivity index (χ2v) is 6.81.